The molecule has 0 bridgehead atoms. The number of aromatic nitrogens is 2. The second-order valence-corrected chi connectivity index (χ2v) is 22.0. The summed E-state index contributed by atoms with van der Waals surface area (Å²) in [5.41, 5.74) is 1.65. The molecule has 0 saturated carbocycles. The van der Waals surface area contributed by atoms with Gasteiger partial charge in [0.15, 0.2) is 23.9 Å². The van der Waals surface area contributed by atoms with E-state index in [0.29, 0.717) is 29.4 Å². The van der Waals surface area contributed by atoms with Gasteiger partial charge in [-0.1, -0.05) is 71.1 Å². The van der Waals surface area contributed by atoms with Crippen LogP contribution in [-0.2, 0) is 27.5 Å². The Morgan fingerprint density at radius 3 is 2.07 bits per heavy atom. The van der Waals surface area contributed by atoms with Crippen molar-refractivity contribution < 1.29 is 18.4 Å². The van der Waals surface area contributed by atoms with Gasteiger partial charge in [0.1, 0.15) is 11.5 Å². The SMILES string of the molecule is Cc1oc(-c2ccccc2)nc1C(CCc1ccc(Cc2sc(=O)[nH]c2O)s1)(O[SiH](C)C(C)(C)C)O[SiH](C)C(C)(C)C. The summed E-state index contributed by atoms with van der Waals surface area (Å²) >= 11 is 2.73. The first-order valence-corrected chi connectivity index (χ1v) is 20.5. The highest BCUT2D eigenvalue weighted by atomic mass is 32.1. The van der Waals surface area contributed by atoms with Gasteiger partial charge in [0.25, 0.3) is 0 Å². The molecule has 7 nitrogen and oxygen atoms in total. The molecule has 11 heteroatoms. The number of nitrogens with zero attached hydrogens (tertiary/aromatic N) is 1. The number of rotatable bonds is 11. The molecule has 1 aromatic carbocycles. The van der Waals surface area contributed by atoms with Gasteiger partial charge in [-0.05, 0) is 60.8 Å². The number of benzene rings is 1. The van der Waals surface area contributed by atoms with Gasteiger partial charge in [0.2, 0.25) is 11.8 Å². The summed E-state index contributed by atoms with van der Waals surface area (Å²) in [6.45, 7) is 19.9. The lowest BCUT2D eigenvalue weighted by Crippen LogP contribution is -2.47. The van der Waals surface area contributed by atoms with Crippen LogP contribution in [0.5, 0.6) is 5.88 Å². The van der Waals surface area contributed by atoms with Crippen molar-refractivity contribution in [3.63, 3.8) is 0 Å². The van der Waals surface area contributed by atoms with Crippen LogP contribution in [-0.4, -0.2) is 33.2 Å². The number of aryl methyl sites for hydroxylation is 2. The minimum absolute atomic E-state index is 0.0112. The molecule has 0 spiro atoms. The van der Waals surface area contributed by atoms with E-state index in [1.807, 2.05) is 37.3 Å². The van der Waals surface area contributed by atoms with Crippen LogP contribution in [0.1, 0.15) is 74.0 Å². The van der Waals surface area contributed by atoms with E-state index in [1.165, 1.54) is 4.88 Å². The summed E-state index contributed by atoms with van der Waals surface area (Å²) in [6.07, 6.45) is 1.84. The van der Waals surface area contributed by atoms with Crippen molar-refractivity contribution in [1.82, 2.24) is 9.97 Å². The topological polar surface area (TPSA) is 97.6 Å². The molecule has 0 saturated heterocycles. The largest absolute Gasteiger partial charge is 0.494 e. The molecule has 2 N–H and O–H groups in total. The van der Waals surface area contributed by atoms with Gasteiger partial charge in [-0.3, -0.25) is 9.78 Å². The van der Waals surface area contributed by atoms with Crippen LogP contribution < -0.4 is 4.87 Å². The van der Waals surface area contributed by atoms with Crippen LogP contribution in [0.3, 0.4) is 0 Å². The van der Waals surface area contributed by atoms with E-state index in [1.54, 1.807) is 11.3 Å². The molecule has 42 heavy (non-hydrogen) atoms. The van der Waals surface area contributed by atoms with Crippen molar-refractivity contribution in [1.29, 1.82) is 0 Å². The Balaban J connectivity index is 1.74. The van der Waals surface area contributed by atoms with Crippen LogP contribution in [0.2, 0.25) is 23.2 Å². The average molecular weight is 645 g/mol. The standard InChI is InChI=1S/C31H44N2O5S2Si2/c1-20-25(32-27(36-20)21-13-11-10-12-14-21)31(37-41(8)29(2,3)4,38-42(9)30(5,6)7)18-17-22-15-16-23(39-22)19-24-26(34)33-28(35)40-24/h10-16,34,41-42H,17-19H2,1-9H3,(H,33,35). The third kappa shape index (κ3) is 7.80. The molecule has 4 aromatic rings. The Bertz CT molecular complexity index is 1510. The number of oxazole rings is 1. The minimum atomic E-state index is -1.79. The fraction of sp³-hybridized carbons (Fsp3) is 0.484. The Morgan fingerprint density at radius 1 is 0.929 bits per heavy atom. The summed E-state index contributed by atoms with van der Waals surface area (Å²) in [5, 5.41) is 10.1. The van der Waals surface area contributed by atoms with Gasteiger partial charge in [-0.2, -0.15) is 0 Å². The van der Waals surface area contributed by atoms with Crippen LogP contribution in [0.15, 0.2) is 51.7 Å². The maximum Gasteiger partial charge on any atom is 0.307 e. The molecule has 2 unspecified atom stereocenters. The third-order valence-corrected chi connectivity index (χ3v) is 16.2. The zero-order valence-electron chi connectivity index (χ0n) is 26.2. The zero-order chi connectivity index (χ0) is 30.9. The Hall–Kier alpha value is -2.29. The quantitative estimate of drug-likeness (QED) is 0.127. The van der Waals surface area contributed by atoms with Gasteiger partial charge in [-0.25, -0.2) is 4.98 Å². The fourth-order valence-electron chi connectivity index (χ4n) is 4.32. The smallest absolute Gasteiger partial charge is 0.307 e. The first kappa shape index (κ1) is 32.6. The van der Waals surface area contributed by atoms with E-state index in [4.69, 9.17) is 18.3 Å². The highest BCUT2D eigenvalue weighted by Crippen LogP contribution is 2.44. The zero-order valence-corrected chi connectivity index (χ0v) is 30.1. The highest BCUT2D eigenvalue weighted by Gasteiger charge is 2.46. The molecule has 2 atom stereocenters. The Kier molecular flexibility index (Phi) is 9.90. The Morgan fingerprint density at radius 2 is 1.52 bits per heavy atom. The van der Waals surface area contributed by atoms with Crippen molar-refractivity contribution in [2.24, 2.45) is 0 Å². The van der Waals surface area contributed by atoms with Crippen molar-refractivity contribution in [3.8, 4) is 17.3 Å². The Labute approximate surface area is 260 Å². The first-order valence-electron chi connectivity index (χ1n) is 14.4. The van der Waals surface area contributed by atoms with Crippen molar-refractivity contribution in [2.45, 2.75) is 96.7 Å². The normalized spacial score (nSPS) is 15.5. The lowest BCUT2D eigenvalue weighted by molar-refractivity contribution is -0.142. The summed E-state index contributed by atoms with van der Waals surface area (Å²) in [4.78, 5) is 21.9. The number of aromatic hydroxyl groups is 1. The van der Waals surface area contributed by atoms with Crippen LogP contribution >= 0.6 is 22.7 Å². The molecular weight excluding hydrogens is 601 g/mol. The van der Waals surface area contributed by atoms with Crippen molar-refractivity contribution in [2.75, 3.05) is 0 Å². The second-order valence-electron chi connectivity index (χ2n) is 13.1. The van der Waals surface area contributed by atoms with E-state index in [2.05, 4.69) is 71.8 Å². The predicted molar refractivity (Wildman–Crippen MR) is 178 cm³/mol. The number of hydrogen-bond acceptors (Lipinski definition) is 8. The molecule has 3 heterocycles. The number of H-pyrrole nitrogens is 1. The first-order chi connectivity index (χ1) is 19.6. The highest BCUT2D eigenvalue weighted by molar-refractivity contribution is 7.12. The maximum absolute atomic E-state index is 11.7. The van der Waals surface area contributed by atoms with Crippen LogP contribution in [0.25, 0.3) is 11.5 Å². The van der Waals surface area contributed by atoms with Gasteiger partial charge in [0, 0.05) is 28.2 Å². The third-order valence-electron chi connectivity index (χ3n) is 7.80. The summed E-state index contributed by atoms with van der Waals surface area (Å²) in [6, 6.07) is 14.2. The molecule has 3 aromatic heterocycles. The van der Waals surface area contributed by atoms with Crippen LogP contribution in [0, 0.1) is 6.92 Å². The fourth-order valence-corrected chi connectivity index (χ4v) is 8.72. The number of thiophene rings is 1. The summed E-state index contributed by atoms with van der Waals surface area (Å²) < 4.78 is 20.7. The van der Waals surface area contributed by atoms with Gasteiger partial charge >= 0.3 is 4.87 Å². The lowest BCUT2D eigenvalue weighted by atomic mass is 10.1. The molecule has 228 valence electrons. The molecule has 0 aliphatic heterocycles. The van der Waals surface area contributed by atoms with Gasteiger partial charge in [-0.15, -0.1) is 11.3 Å². The number of aromatic amines is 1. The van der Waals surface area contributed by atoms with E-state index >= 15 is 0 Å². The number of hydrogen-bond donors (Lipinski definition) is 2. The van der Waals surface area contributed by atoms with E-state index in [9.17, 15) is 9.90 Å². The summed E-state index contributed by atoms with van der Waals surface area (Å²) in [7, 11) is -3.59. The number of nitrogens with one attached hydrogen (secondary N) is 1. The van der Waals surface area contributed by atoms with Crippen molar-refractivity contribution in [3.05, 3.63) is 78.2 Å². The molecule has 0 amide bonds. The lowest BCUT2D eigenvalue weighted by Gasteiger charge is -2.43. The maximum atomic E-state index is 11.7. The van der Waals surface area contributed by atoms with Crippen LogP contribution in [0.4, 0.5) is 0 Å². The molecular formula is C31H44N2O5S2Si2. The number of thiazole rings is 1. The van der Waals surface area contributed by atoms with Crippen molar-refractivity contribution >= 4 is 40.8 Å². The molecule has 0 radical (unpaired) electrons. The average Bonchev–Trinajstić information content (AvgIpc) is 3.60. The summed E-state index contributed by atoms with van der Waals surface area (Å²) in [5.74, 6) is 0.196. The van der Waals surface area contributed by atoms with Gasteiger partial charge < -0.3 is 18.4 Å². The van der Waals surface area contributed by atoms with E-state index in [0.717, 1.165) is 33.9 Å². The van der Waals surface area contributed by atoms with E-state index in [-0.39, 0.29) is 20.8 Å². The van der Waals surface area contributed by atoms with Gasteiger partial charge in [0.05, 0.1) is 4.88 Å². The van der Waals surface area contributed by atoms with E-state index < -0.39 is 23.9 Å². The second kappa shape index (κ2) is 12.8. The molecule has 4 rings (SSSR count). The molecule has 0 fully saturated rings. The molecule has 0 aliphatic rings. The monoisotopic (exact) mass is 644 g/mol. The minimum Gasteiger partial charge on any atom is -0.494 e. The molecule has 0 aliphatic carbocycles. The predicted octanol–water partition coefficient (Wildman–Crippen LogP) is 7.88.